The third-order valence-electron chi connectivity index (χ3n) is 4.61. The minimum atomic E-state index is -3.16. The number of carbonyl (C=O) groups excluding carboxylic acids is 1. The number of sulfone groups is 1. The lowest BCUT2D eigenvalue weighted by Crippen LogP contribution is -2.46. The van der Waals surface area contributed by atoms with Gasteiger partial charge in [0.05, 0.1) is 4.90 Å². The molecule has 23 heavy (non-hydrogen) atoms. The van der Waals surface area contributed by atoms with Gasteiger partial charge in [-0.1, -0.05) is 32.4 Å². The number of urea groups is 1. The van der Waals surface area contributed by atoms with Crippen LogP contribution in [0.2, 0.25) is 0 Å². The number of carbonyl (C=O) groups is 1. The van der Waals surface area contributed by atoms with Crippen molar-refractivity contribution in [1.82, 2.24) is 10.6 Å². The SMILES string of the molecule is CC1(C)CCC[C@@H]1NC(=O)NCCc1ccc(S(C)(=O)=O)cc1. The largest absolute Gasteiger partial charge is 0.338 e. The number of amides is 2. The highest BCUT2D eigenvalue weighted by atomic mass is 32.2. The van der Waals surface area contributed by atoms with Gasteiger partial charge in [-0.15, -0.1) is 0 Å². The van der Waals surface area contributed by atoms with Gasteiger partial charge < -0.3 is 10.6 Å². The molecule has 5 nitrogen and oxygen atoms in total. The van der Waals surface area contributed by atoms with Gasteiger partial charge in [-0.3, -0.25) is 0 Å². The van der Waals surface area contributed by atoms with Crippen LogP contribution in [0, 0.1) is 5.41 Å². The summed E-state index contributed by atoms with van der Waals surface area (Å²) in [6, 6.07) is 6.89. The van der Waals surface area contributed by atoms with Gasteiger partial charge in [0.25, 0.3) is 0 Å². The molecule has 6 heteroatoms. The van der Waals surface area contributed by atoms with Gasteiger partial charge in [0.2, 0.25) is 0 Å². The summed E-state index contributed by atoms with van der Waals surface area (Å²) in [5.74, 6) is 0. The maximum atomic E-state index is 12.0. The van der Waals surface area contributed by atoms with Gasteiger partial charge in [0.15, 0.2) is 9.84 Å². The molecule has 0 spiro atoms. The molecule has 1 saturated carbocycles. The first-order valence-electron chi connectivity index (χ1n) is 8.02. The predicted molar refractivity (Wildman–Crippen MR) is 91.2 cm³/mol. The fraction of sp³-hybridized carbons (Fsp3) is 0.588. The fourth-order valence-corrected chi connectivity index (χ4v) is 3.66. The Hall–Kier alpha value is -1.56. The maximum Gasteiger partial charge on any atom is 0.315 e. The number of rotatable bonds is 5. The summed E-state index contributed by atoms with van der Waals surface area (Å²) in [5, 5.41) is 5.93. The predicted octanol–water partition coefficient (Wildman–Crippen LogP) is 2.51. The molecule has 0 aliphatic heterocycles. The summed E-state index contributed by atoms with van der Waals surface area (Å²) in [5.41, 5.74) is 1.16. The second-order valence-electron chi connectivity index (χ2n) is 7.00. The Morgan fingerprint density at radius 2 is 1.91 bits per heavy atom. The quantitative estimate of drug-likeness (QED) is 0.866. The van der Waals surface area contributed by atoms with Crippen molar-refractivity contribution in [2.24, 2.45) is 5.41 Å². The van der Waals surface area contributed by atoms with E-state index in [-0.39, 0.29) is 17.5 Å². The number of hydrogen-bond donors (Lipinski definition) is 2. The van der Waals surface area contributed by atoms with Crippen LogP contribution in [0.25, 0.3) is 0 Å². The number of hydrogen-bond acceptors (Lipinski definition) is 3. The van der Waals surface area contributed by atoms with Crippen molar-refractivity contribution in [3.8, 4) is 0 Å². The van der Waals surface area contributed by atoms with E-state index in [1.807, 2.05) is 0 Å². The van der Waals surface area contributed by atoms with E-state index in [9.17, 15) is 13.2 Å². The number of nitrogens with one attached hydrogen (secondary N) is 2. The summed E-state index contributed by atoms with van der Waals surface area (Å²) in [6.07, 6.45) is 5.20. The van der Waals surface area contributed by atoms with E-state index >= 15 is 0 Å². The highest BCUT2D eigenvalue weighted by molar-refractivity contribution is 7.90. The van der Waals surface area contributed by atoms with Gasteiger partial charge >= 0.3 is 6.03 Å². The summed E-state index contributed by atoms with van der Waals surface area (Å²) in [4.78, 5) is 12.3. The van der Waals surface area contributed by atoms with Gasteiger partial charge in [0, 0.05) is 18.8 Å². The van der Waals surface area contributed by atoms with Crippen molar-refractivity contribution in [2.75, 3.05) is 12.8 Å². The van der Waals surface area contributed by atoms with Crippen molar-refractivity contribution in [3.63, 3.8) is 0 Å². The average Bonchev–Trinajstić information content (AvgIpc) is 2.77. The van der Waals surface area contributed by atoms with Crippen molar-refractivity contribution in [3.05, 3.63) is 29.8 Å². The summed E-state index contributed by atoms with van der Waals surface area (Å²) in [7, 11) is -3.16. The monoisotopic (exact) mass is 338 g/mol. The lowest BCUT2D eigenvalue weighted by molar-refractivity contribution is 0.222. The average molecular weight is 338 g/mol. The summed E-state index contributed by atoms with van der Waals surface area (Å²) in [6.45, 7) is 4.90. The molecular weight excluding hydrogens is 312 g/mol. The molecule has 1 aromatic rings. The molecule has 0 bridgehead atoms. The van der Waals surface area contributed by atoms with E-state index in [4.69, 9.17) is 0 Å². The van der Waals surface area contributed by atoms with Crippen LogP contribution in [0.4, 0.5) is 4.79 Å². The van der Waals surface area contributed by atoms with Gasteiger partial charge in [0.1, 0.15) is 0 Å². The van der Waals surface area contributed by atoms with E-state index in [2.05, 4.69) is 24.5 Å². The molecule has 1 fully saturated rings. The highest BCUT2D eigenvalue weighted by Gasteiger charge is 2.35. The van der Waals surface area contributed by atoms with Crippen LogP contribution in [0.5, 0.6) is 0 Å². The Bertz CT molecular complexity index is 651. The molecule has 2 N–H and O–H groups in total. The van der Waals surface area contributed by atoms with Crippen molar-refractivity contribution in [1.29, 1.82) is 0 Å². The Labute approximate surface area is 138 Å². The summed E-state index contributed by atoms with van der Waals surface area (Å²) >= 11 is 0. The molecule has 1 aliphatic rings. The van der Waals surface area contributed by atoms with Crippen LogP contribution in [0.3, 0.4) is 0 Å². The van der Waals surface area contributed by atoms with Gasteiger partial charge in [-0.25, -0.2) is 13.2 Å². The second kappa shape index (κ2) is 6.91. The maximum absolute atomic E-state index is 12.0. The molecule has 2 rings (SSSR count). The Balaban J connectivity index is 1.77. The number of benzene rings is 1. The topological polar surface area (TPSA) is 75.3 Å². The molecule has 1 aliphatic carbocycles. The standard InChI is InChI=1S/C17H26N2O3S/c1-17(2)11-4-5-15(17)19-16(20)18-12-10-13-6-8-14(9-7-13)23(3,21)22/h6-9,15H,4-5,10-12H2,1-3H3,(H2,18,19,20)/t15-/m0/s1. The molecule has 0 aromatic heterocycles. The van der Waals surface area contributed by atoms with E-state index < -0.39 is 9.84 Å². The van der Waals surface area contributed by atoms with E-state index in [1.54, 1.807) is 24.3 Å². The molecule has 1 atom stereocenters. The van der Waals surface area contributed by atoms with Crippen molar-refractivity contribution in [2.45, 2.75) is 50.5 Å². The Kier molecular flexibility index (Phi) is 5.34. The van der Waals surface area contributed by atoms with Crippen LogP contribution in [-0.4, -0.2) is 33.3 Å². The zero-order chi connectivity index (χ0) is 17.1. The van der Waals surface area contributed by atoms with Crippen LogP contribution in [-0.2, 0) is 16.3 Å². The lowest BCUT2D eigenvalue weighted by atomic mass is 9.87. The first kappa shape index (κ1) is 17.8. The van der Waals surface area contributed by atoms with Crippen LogP contribution in [0.1, 0.15) is 38.7 Å². The molecule has 0 unspecified atom stereocenters. The normalized spacial score (nSPS) is 20.2. The van der Waals surface area contributed by atoms with E-state index in [0.29, 0.717) is 17.9 Å². The Morgan fingerprint density at radius 1 is 1.26 bits per heavy atom. The van der Waals surface area contributed by atoms with Gasteiger partial charge in [-0.2, -0.15) is 0 Å². The molecular formula is C17H26N2O3S. The fourth-order valence-electron chi connectivity index (χ4n) is 3.03. The lowest BCUT2D eigenvalue weighted by Gasteiger charge is -2.27. The third kappa shape index (κ3) is 4.96. The van der Waals surface area contributed by atoms with Crippen molar-refractivity contribution >= 4 is 15.9 Å². The molecule has 2 amide bonds. The minimum absolute atomic E-state index is 0.127. The molecule has 0 radical (unpaired) electrons. The smallest absolute Gasteiger partial charge is 0.315 e. The highest BCUT2D eigenvalue weighted by Crippen LogP contribution is 2.36. The van der Waals surface area contributed by atoms with Crippen LogP contribution < -0.4 is 10.6 Å². The Morgan fingerprint density at radius 3 is 2.43 bits per heavy atom. The van der Waals surface area contributed by atoms with E-state index in [0.717, 1.165) is 24.8 Å². The first-order valence-corrected chi connectivity index (χ1v) is 9.91. The summed E-state index contributed by atoms with van der Waals surface area (Å²) < 4.78 is 22.8. The minimum Gasteiger partial charge on any atom is -0.338 e. The molecule has 0 saturated heterocycles. The second-order valence-corrected chi connectivity index (χ2v) is 9.02. The van der Waals surface area contributed by atoms with Crippen LogP contribution >= 0.6 is 0 Å². The van der Waals surface area contributed by atoms with Crippen LogP contribution in [0.15, 0.2) is 29.2 Å². The first-order chi connectivity index (χ1) is 10.7. The third-order valence-corrected chi connectivity index (χ3v) is 5.74. The molecule has 1 aromatic carbocycles. The zero-order valence-corrected chi connectivity index (χ0v) is 14.9. The van der Waals surface area contributed by atoms with Crippen molar-refractivity contribution < 1.29 is 13.2 Å². The zero-order valence-electron chi connectivity index (χ0n) is 14.1. The van der Waals surface area contributed by atoms with E-state index in [1.165, 1.54) is 6.26 Å². The molecule has 0 heterocycles. The molecule has 128 valence electrons. The van der Waals surface area contributed by atoms with Gasteiger partial charge in [-0.05, 0) is 42.4 Å².